The van der Waals surface area contributed by atoms with E-state index in [2.05, 4.69) is 5.32 Å². The number of carbonyl (C=O) groups excluding carboxylic acids is 2. The molecular formula is C19H15ClN2O4S. The zero-order valence-corrected chi connectivity index (χ0v) is 15.9. The van der Waals surface area contributed by atoms with Gasteiger partial charge in [-0.2, -0.15) is 0 Å². The van der Waals surface area contributed by atoms with Gasteiger partial charge in [0.2, 0.25) is 6.79 Å². The van der Waals surface area contributed by atoms with Gasteiger partial charge in [0.15, 0.2) is 11.5 Å². The first-order valence-electron chi connectivity index (χ1n) is 8.17. The Kier molecular flexibility index (Phi) is 4.72. The third kappa shape index (κ3) is 3.48. The molecule has 0 unspecified atom stereocenters. The summed E-state index contributed by atoms with van der Waals surface area (Å²) in [6, 6.07) is 10.8. The number of rotatable bonds is 4. The lowest BCUT2D eigenvalue weighted by atomic mass is 10.2. The number of fused-ring (bicyclic) bond motifs is 1. The summed E-state index contributed by atoms with van der Waals surface area (Å²) in [4.78, 5) is 26.4. The predicted octanol–water partition coefficient (Wildman–Crippen LogP) is 4.48. The van der Waals surface area contributed by atoms with Crippen molar-refractivity contribution in [1.82, 2.24) is 4.90 Å². The molecule has 1 N–H and O–H groups in total. The standard InChI is InChI=1S/C19H15ClN2O4S/c1-11-13(20)3-2-4-14(11)21-9-22-18(23)17(27-19(22)24)8-12-5-6-15-16(7-12)26-10-25-15/h2-8,21H,9-10H2,1H3. The van der Waals surface area contributed by atoms with Crippen molar-refractivity contribution in [3.05, 3.63) is 57.5 Å². The van der Waals surface area contributed by atoms with Crippen LogP contribution in [0.2, 0.25) is 5.02 Å². The second-order valence-corrected chi connectivity index (χ2v) is 7.37. The van der Waals surface area contributed by atoms with E-state index in [4.69, 9.17) is 21.1 Å². The fourth-order valence-electron chi connectivity index (χ4n) is 2.75. The number of nitrogens with one attached hydrogen (secondary N) is 1. The molecule has 2 aliphatic rings. The van der Waals surface area contributed by atoms with Gasteiger partial charge in [0.05, 0.1) is 11.6 Å². The summed E-state index contributed by atoms with van der Waals surface area (Å²) in [6.07, 6.45) is 1.68. The van der Waals surface area contributed by atoms with Gasteiger partial charge in [-0.1, -0.05) is 23.7 Å². The van der Waals surface area contributed by atoms with Gasteiger partial charge in [-0.3, -0.25) is 14.5 Å². The van der Waals surface area contributed by atoms with Gasteiger partial charge < -0.3 is 14.8 Å². The largest absolute Gasteiger partial charge is 0.454 e. The van der Waals surface area contributed by atoms with E-state index in [1.165, 1.54) is 4.90 Å². The summed E-state index contributed by atoms with van der Waals surface area (Å²) in [5, 5.41) is 3.40. The van der Waals surface area contributed by atoms with E-state index >= 15 is 0 Å². The molecule has 0 saturated carbocycles. The molecule has 0 radical (unpaired) electrons. The number of halogens is 1. The molecule has 0 spiro atoms. The van der Waals surface area contributed by atoms with Crippen LogP contribution in [-0.4, -0.2) is 29.5 Å². The molecule has 1 saturated heterocycles. The SMILES string of the molecule is Cc1c(Cl)cccc1NCN1C(=O)SC(=Cc2ccc3c(c2)OCO3)C1=O. The van der Waals surface area contributed by atoms with Crippen LogP contribution in [0.1, 0.15) is 11.1 Å². The van der Waals surface area contributed by atoms with Gasteiger partial charge in [-0.25, -0.2) is 0 Å². The molecule has 2 aromatic rings. The Balaban J connectivity index is 1.49. The van der Waals surface area contributed by atoms with Gasteiger partial charge >= 0.3 is 0 Å². The monoisotopic (exact) mass is 402 g/mol. The van der Waals surface area contributed by atoms with Gasteiger partial charge in [0, 0.05) is 10.7 Å². The zero-order chi connectivity index (χ0) is 19.0. The fraction of sp³-hybridized carbons (Fsp3) is 0.158. The lowest BCUT2D eigenvalue weighted by Gasteiger charge is -2.16. The van der Waals surface area contributed by atoms with Crippen molar-refractivity contribution >= 4 is 46.3 Å². The number of thioether (sulfide) groups is 1. The zero-order valence-electron chi connectivity index (χ0n) is 14.3. The third-order valence-corrected chi connectivity index (χ3v) is 5.58. The Bertz CT molecular complexity index is 976. The number of carbonyl (C=O) groups is 2. The number of benzene rings is 2. The van der Waals surface area contributed by atoms with Crippen molar-refractivity contribution in [3.8, 4) is 11.5 Å². The minimum absolute atomic E-state index is 0.0737. The highest BCUT2D eigenvalue weighted by Crippen LogP contribution is 2.36. The summed E-state index contributed by atoms with van der Waals surface area (Å²) in [5.74, 6) is 0.956. The van der Waals surface area contributed by atoms with Crippen LogP contribution in [0.5, 0.6) is 11.5 Å². The quantitative estimate of drug-likeness (QED) is 0.760. The van der Waals surface area contributed by atoms with Crippen molar-refractivity contribution in [3.63, 3.8) is 0 Å². The topological polar surface area (TPSA) is 67.9 Å². The summed E-state index contributed by atoms with van der Waals surface area (Å²) in [7, 11) is 0. The summed E-state index contributed by atoms with van der Waals surface area (Å²) in [5.41, 5.74) is 2.41. The Hall–Kier alpha value is -2.64. The van der Waals surface area contributed by atoms with E-state index in [0.29, 0.717) is 21.4 Å². The maximum Gasteiger partial charge on any atom is 0.295 e. The molecule has 2 aliphatic heterocycles. The van der Waals surface area contributed by atoms with Gasteiger partial charge in [-0.05, 0) is 60.2 Å². The van der Waals surface area contributed by atoms with Crippen LogP contribution >= 0.6 is 23.4 Å². The van der Waals surface area contributed by atoms with Crippen LogP contribution in [0.4, 0.5) is 10.5 Å². The Labute approximate surface area is 165 Å². The minimum Gasteiger partial charge on any atom is -0.454 e. The summed E-state index contributed by atoms with van der Waals surface area (Å²) >= 11 is 7.01. The summed E-state index contributed by atoms with van der Waals surface area (Å²) < 4.78 is 10.6. The van der Waals surface area contributed by atoms with Gasteiger partial charge in [-0.15, -0.1) is 0 Å². The van der Waals surface area contributed by atoms with E-state index in [-0.39, 0.29) is 24.6 Å². The fourth-order valence-corrected chi connectivity index (χ4v) is 3.77. The molecule has 1 fully saturated rings. The highest BCUT2D eigenvalue weighted by Gasteiger charge is 2.35. The molecule has 4 rings (SSSR count). The number of hydrogen-bond acceptors (Lipinski definition) is 6. The van der Waals surface area contributed by atoms with Crippen LogP contribution in [0.15, 0.2) is 41.3 Å². The molecule has 6 nitrogen and oxygen atoms in total. The van der Waals surface area contributed by atoms with E-state index in [1.54, 1.807) is 24.3 Å². The van der Waals surface area contributed by atoms with Gasteiger partial charge in [0.25, 0.3) is 11.1 Å². The lowest BCUT2D eigenvalue weighted by Crippen LogP contribution is -2.33. The molecule has 27 heavy (non-hydrogen) atoms. The van der Waals surface area contributed by atoms with Crippen LogP contribution in [0.3, 0.4) is 0 Å². The van der Waals surface area contributed by atoms with Crippen molar-refractivity contribution in [2.24, 2.45) is 0 Å². The van der Waals surface area contributed by atoms with Crippen molar-refractivity contribution in [2.45, 2.75) is 6.92 Å². The Morgan fingerprint density at radius 1 is 1.22 bits per heavy atom. The molecule has 0 aliphatic carbocycles. The first-order valence-corrected chi connectivity index (χ1v) is 9.36. The van der Waals surface area contributed by atoms with Gasteiger partial charge in [0.1, 0.15) is 0 Å². The Morgan fingerprint density at radius 2 is 2.04 bits per heavy atom. The number of ether oxygens (including phenoxy) is 2. The van der Waals surface area contributed by atoms with E-state index < -0.39 is 0 Å². The smallest absolute Gasteiger partial charge is 0.295 e. The second-order valence-electron chi connectivity index (χ2n) is 5.97. The maximum absolute atomic E-state index is 12.6. The normalized spacial score (nSPS) is 17.1. The molecule has 0 atom stereocenters. The number of amides is 2. The van der Waals surface area contributed by atoms with Crippen LogP contribution < -0.4 is 14.8 Å². The molecule has 0 aromatic heterocycles. The number of anilines is 1. The van der Waals surface area contributed by atoms with Crippen molar-refractivity contribution in [2.75, 3.05) is 18.8 Å². The number of imide groups is 1. The van der Waals surface area contributed by atoms with E-state index in [9.17, 15) is 9.59 Å². The highest BCUT2D eigenvalue weighted by molar-refractivity contribution is 8.18. The third-order valence-electron chi connectivity index (χ3n) is 4.26. The number of nitrogens with zero attached hydrogens (tertiary/aromatic N) is 1. The van der Waals surface area contributed by atoms with E-state index in [1.807, 2.05) is 25.1 Å². The second kappa shape index (κ2) is 7.17. The maximum atomic E-state index is 12.6. The minimum atomic E-state index is -0.338. The van der Waals surface area contributed by atoms with Crippen molar-refractivity contribution < 1.29 is 19.1 Å². The lowest BCUT2D eigenvalue weighted by molar-refractivity contribution is -0.122. The van der Waals surface area contributed by atoms with Crippen LogP contribution in [-0.2, 0) is 4.79 Å². The molecule has 0 bridgehead atoms. The molecule has 8 heteroatoms. The van der Waals surface area contributed by atoms with E-state index in [0.717, 1.165) is 28.6 Å². The average Bonchev–Trinajstić information content (AvgIpc) is 3.21. The molecular weight excluding hydrogens is 388 g/mol. The number of hydrogen-bond donors (Lipinski definition) is 1. The summed E-state index contributed by atoms with van der Waals surface area (Å²) in [6.45, 7) is 2.13. The van der Waals surface area contributed by atoms with Crippen LogP contribution in [0, 0.1) is 6.92 Å². The predicted molar refractivity (Wildman–Crippen MR) is 105 cm³/mol. The first kappa shape index (κ1) is 17.8. The molecule has 2 heterocycles. The first-order chi connectivity index (χ1) is 13.0. The average molecular weight is 403 g/mol. The van der Waals surface area contributed by atoms with Crippen LogP contribution in [0.25, 0.3) is 6.08 Å². The molecule has 138 valence electrons. The van der Waals surface area contributed by atoms with Crippen molar-refractivity contribution in [1.29, 1.82) is 0 Å². The Morgan fingerprint density at radius 3 is 2.89 bits per heavy atom. The highest BCUT2D eigenvalue weighted by atomic mass is 35.5. The molecule has 2 aromatic carbocycles. The molecule has 2 amide bonds.